The number of aromatic amines is 1. The molecule has 2 saturated carbocycles. The zero-order valence-electron chi connectivity index (χ0n) is 20.5. The summed E-state index contributed by atoms with van der Waals surface area (Å²) in [7, 11) is 0. The molecule has 1 heterocycles. The summed E-state index contributed by atoms with van der Waals surface area (Å²) in [6.07, 6.45) is 7.13. The smallest absolute Gasteiger partial charge is 0.220 e. The molecule has 1 aromatic carbocycles. The fourth-order valence-electron chi connectivity index (χ4n) is 6.79. The van der Waals surface area contributed by atoms with Crippen LogP contribution < -0.4 is 10.6 Å². The highest BCUT2D eigenvalue weighted by Gasteiger charge is 2.61. The Morgan fingerprint density at radius 3 is 2.67 bits per heavy atom. The van der Waals surface area contributed by atoms with E-state index in [1.807, 2.05) is 25.3 Å². The van der Waals surface area contributed by atoms with Crippen LogP contribution in [0.25, 0.3) is 10.9 Å². The Kier molecular flexibility index (Phi) is 6.34. The van der Waals surface area contributed by atoms with Gasteiger partial charge in [0.25, 0.3) is 0 Å². The highest BCUT2D eigenvalue weighted by atomic mass is 16.3. The van der Waals surface area contributed by atoms with E-state index in [-0.39, 0.29) is 34.6 Å². The number of para-hydroxylation sites is 1. The van der Waals surface area contributed by atoms with Gasteiger partial charge in [-0.3, -0.25) is 9.59 Å². The highest BCUT2D eigenvalue weighted by molar-refractivity contribution is 5.83. The van der Waals surface area contributed by atoms with Crippen molar-refractivity contribution in [2.24, 2.45) is 16.7 Å². The van der Waals surface area contributed by atoms with Crippen molar-refractivity contribution in [3.05, 3.63) is 36.0 Å². The summed E-state index contributed by atoms with van der Waals surface area (Å²) >= 11 is 0. The summed E-state index contributed by atoms with van der Waals surface area (Å²) in [4.78, 5) is 28.1. The van der Waals surface area contributed by atoms with E-state index in [0.717, 1.165) is 37.6 Å². The van der Waals surface area contributed by atoms with Crippen molar-refractivity contribution in [1.29, 1.82) is 0 Å². The van der Waals surface area contributed by atoms with Crippen LogP contribution in [0.2, 0.25) is 0 Å². The van der Waals surface area contributed by atoms with E-state index in [0.29, 0.717) is 19.4 Å². The number of amides is 2. The maximum atomic E-state index is 12.8. The average molecular weight is 454 g/mol. The second-order valence-electron chi connectivity index (χ2n) is 11.4. The summed E-state index contributed by atoms with van der Waals surface area (Å²) < 4.78 is 0. The van der Waals surface area contributed by atoms with Crippen molar-refractivity contribution >= 4 is 22.7 Å². The highest BCUT2D eigenvalue weighted by Crippen LogP contribution is 2.63. The molecule has 0 radical (unpaired) electrons. The zero-order chi connectivity index (χ0) is 23.9. The first-order valence-corrected chi connectivity index (χ1v) is 12.3. The van der Waals surface area contributed by atoms with Gasteiger partial charge in [-0.2, -0.15) is 0 Å². The SMILES string of the molecule is CC(=O)N[C@H]1CC(C)(C)[C@@H]2C[C@@](C)(O)CC[C@]12CCC(=O)NCCc1c[nH]c2ccccc12. The van der Waals surface area contributed by atoms with Gasteiger partial charge in [-0.25, -0.2) is 0 Å². The number of hydrogen-bond donors (Lipinski definition) is 4. The fourth-order valence-corrected chi connectivity index (χ4v) is 6.79. The number of benzene rings is 1. The Labute approximate surface area is 196 Å². The number of carbonyl (C=O) groups is 2. The number of H-pyrrole nitrogens is 1. The molecule has 4 rings (SSSR count). The largest absolute Gasteiger partial charge is 0.390 e. The lowest BCUT2D eigenvalue weighted by Crippen LogP contribution is -2.52. The van der Waals surface area contributed by atoms with Crippen molar-refractivity contribution < 1.29 is 14.7 Å². The number of rotatable bonds is 7. The predicted octanol–water partition coefficient (Wildman–Crippen LogP) is 4.08. The van der Waals surface area contributed by atoms with Gasteiger partial charge in [0.1, 0.15) is 0 Å². The van der Waals surface area contributed by atoms with Crippen LogP contribution in [0.15, 0.2) is 30.5 Å². The molecule has 6 nitrogen and oxygen atoms in total. The first-order valence-electron chi connectivity index (χ1n) is 12.3. The van der Waals surface area contributed by atoms with Crippen LogP contribution in [-0.2, 0) is 16.0 Å². The standard InChI is InChI=1S/C27H39N3O3/c1-18(31)30-23-16-25(2,3)22-15-26(4,33)12-13-27(22,23)11-9-24(32)28-14-10-19-17-29-21-8-6-5-7-20(19)21/h5-8,17,22-23,29,33H,9-16H2,1-4H3,(H,28,32)(H,30,31)/t22-,23-,26-,27-/m0/s1. The Bertz CT molecular complexity index is 1020. The average Bonchev–Trinajstić information content (AvgIpc) is 3.23. The molecule has 33 heavy (non-hydrogen) atoms. The van der Waals surface area contributed by atoms with E-state index in [9.17, 15) is 14.7 Å². The van der Waals surface area contributed by atoms with Gasteiger partial charge >= 0.3 is 0 Å². The Morgan fingerprint density at radius 2 is 1.91 bits per heavy atom. The molecule has 0 saturated heterocycles. The molecule has 6 heteroatoms. The Morgan fingerprint density at radius 1 is 1.15 bits per heavy atom. The van der Waals surface area contributed by atoms with Crippen LogP contribution in [0.3, 0.4) is 0 Å². The van der Waals surface area contributed by atoms with Crippen molar-refractivity contribution in [1.82, 2.24) is 15.6 Å². The van der Waals surface area contributed by atoms with Gasteiger partial charge < -0.3 is 20.7 Å². The molecule has 2 fully saturated rings. The lowest BCUT2D eigenvalue weighted by atomic mass is 9.57. The molecule has 2 aliphatic carbocycles. The number of aromatic nitrogens is 1. The van der Waals surface area contributed by atoms with Gasteiger partial charge in [0, 0.05) is 43.0 Å². The van der Waals surface area contributed by atoms with Crippen molar-refractivity contribution in [2.75, 3.05) is 6.54 Å². The van der Waals surface area contributed by atoms with E-state index in [2.05, 4.69) is 41.6 Å². The van der Waals surface area contributed by atoms with Crippen molar-refractivity contribution in [2.45, 2.75) is 84.3 Å². The van der Waals surface area contributed by atoms with Gasteiger partial charge in [0.15, 0.2) is 0 Å². The summed E-state index contributed by atoms with van der Waals surface area (Å²) in [5.41, 5.74) is 1.50. The van der Waals surface area contributed by atoms with E-state index < -0.39 is 5.60 Å². The van der Waals surface area contributed by atoms with Crippen LogP contribution in [0, 0.1) is 16.7 Å². The number of carbonyl (C=O) groups excluding carboxylic acids is 2. The van der Waals surface area contributed by atoms with Gasteiger partial charge in [0.2, 0.25) is 11.8 Å². The molecule has 0 unspecified atom stereocenters. The topological polar surface area (TPSA) is 94.2 Å². The second kappa shape index (κ2) is 8.79. The molecule has 1 aromatic heterocycles. The molecular weight excluding hydrogens is 414 g/mol. The van der Waals surface area contributed by atoms with Gasteiger partial charge in [0.05, 0.1) is 5.60 Å². The number of hydrogen-bond acceptors (Lipinski definition) is 3. The van der Waals surface area contributed by atoms with E-state index in [1.165, 1.54) is 10.9 Å². The normalized spacial score (nSPS) is 30.7. The van der Waals surface area contributed by atoms with E-state index in [4.69, 9.17) is 0 Å². The van der Waals surface area contributed by atoms with Gasteiger partial charge in [-0.15, -0.1) is 0 Å². The maximum Gasteiger partial charge on any atom is 0.220 e. The lowest BCUT2D eigenvalue weighted by molar-refractivity contribution is -0.124. The van der Waals surface area contributed by atoms with Crippen molar-refractivity contribution in [3.63, 3.8) is 0 Å². The molecule has 2 amide bonds. The van der Waals surface area contributed by atoms with Gasteiger partial charge in [-0.1, -0.05) is 32.0 Å². The first-order chi connectivity index (χ1) is 15.5. The first kappa shape index (κ1) is 23.8. The minimum absolute atomic E-state index is 0.00332. The van der Waals surface area contributed by atoms with E-state index >= 15 is 0 Å². The molecule has 4 atom stereocenters. The molecule has 4 N–H and O–H groups in total. The monoisotopic (exact) mass is 453 g/mol. The molecule has 0 spiro atoms. The quantitative estimate of drug-likeness (QED) is 0.509. The molecule has 2 aromatic rings. The molecule has 0 bridgehead atoms. The van der Waals surface area contributed by atoms with E-state index in [1.54, 1.807) is 6.92 Å². The van der Waals surface area contributed by atoms with Crippen LogP contribution in [0.4, 0.5) is 0 Å². The number of aliphatic hydroxyl groups is 1. The van der Waals surface area contributed by atoms with Crippen LogP contribution in [0.5, 0.6) is 0 Å². The third-order valence-corrected chi connectivity index (χ3v) is 8.42. The maximum absolute atomic E-state index is 12.8. The van der Waals surface area contributed by atoms with Crippen LogP contribution in [0.1, 0.15) is 71.8 Å². The van der Waals surface area contributed by atoms with Gasteiger partial charge in [-0.05, 0) is 73.8 Å². The Balaban J connectivity index is 1.40. The molecule has 2 aliphatic rings. The zero-order valence-corrected chi connectivity index (χ0v) is 20.5. The lowest BCUT2D eigenvalue weighted by Gasteiger charge is -2.50. The van der Waals surface area contributed by atoms with Crippen LogP contribution >= 0.6 is 0 Å². The number of nitrogens with one attached hydrogen (secondary N) is 3. The molecule has 0 aliphatic heterocycles. The van der Waals surface area contributed by atoms with Crippen molar-refractivity contribution in [3.8, 4) is 0 Å². The Hall–Kier alpha value is -2.34. The summed E-state index contributed by atoms with van der Waals surface area (Å²) in [6.45, 7) is 8.60. The minimum Gasteiger partial charge on any atom is -0.390 e. The third kappa shape index (κ3) is 4.81. The predicted molar refractivity (Wildman–Crippen MR) is 131 cm³/mol. The minimum atomic E-state index is -0.682. The fraction of sp³-hybridized carbons (Fsp3) is 0.630. The second-order valence-corrected chi connectivity index (χ2v) is 11.4. The summed E-state index contributed by atoms with van der Waals surface area (Å²) in [5.74, 6) is 0.313. The molecular formula is C27H39N3O3. The summed E-state index contributed by atoms with van der Waals surface area (Å²) in [6, 6.07) is 8.25. The molecule has 180 valence electrons. The summed E-state index contributed by atoms with van der Waals surface area (Å²) in [5, 5.41) is 18.3. The van der Waals surface area contributed by atoms with Crippen LogP contribution in [-0.4, -0.2) is 40.1 Å². The number of fused-ring (bicyclic) bond motifs is 2. The third-order valence-electron chi connectivity index (χ3n) is 8.42.